The van der Waals surface area contributed by atoms with E-state index in [1.165, 1.54) is 19.3 Å². The van der Waals surface area contributed by atoms with Crippen LogP contribution in [0.4, 0.5) is 0 Å². The fraction of sp³-hybridized carbons (Fsp3) is 0.800. The summed E-state index contributed by atoms with van der Waals surface area (Å²) in [5.41, 5.74) is 5.74. The van der Waals surface area contributed by atoms with Crippen molar-refractivity contribution in [1.29, 1.82) is 0 Å². The maximum Gasteiger partial charge on any atom is 0.239 e. The van der Waals surface area contributed by atoms with E-state index in [0.717, 1.165) is 50.5 Å². The van der Waals surface area contributed by atoms with E-state index in [-0.39, 0.29) is 18.3 Å². The highest BCUT2D eigenvalue weighted by Gasteiger charge is 2.30. The first-order valence-electron chi connectivity index (χ1n) is 8.13. The minimum absolute atomic E-state index is 0. The molecule has 3 rings (SSSR count). The molecule has 1 fully saturated rings. The summed E-state index contributed by atoms with van der Waals surface area (Å²) in [6, 6.07) is -0.417. The monoisotopic (exact) mass is 327 g/mol. The van der Waals surface area contributed by atoms with E-state index in [0.29, 0.717) is 5.92 Å². The first-order valence-corrected chi connectivity index (χ1v) is 8.13. The summed E-state index contributed by atoms with van der Waals surface area (Å²) in [6.07, 6.45) is 6.81. The Bertz CT molecular complexity index is 516. The lowest BCUT2D eigenvalue weighted by Crippen LogP contribution is -2.46. The molecule has 2 aliphatic rings. The van der Waals surface area contributed by atoms with Crippen LogP contribution in [0, 0.1) is 0 Å². The predicted octanol–water partition coefficient (Wildman–Crippen LogP) is 1.48. The fourth-order valence-corrected chi connectivity index (χ4v) is 3.49. The molecular formula is C15H26ClN5O. The first-order chi connectivity index (χ1) is 10.2. The Hall–Kier alpha value is -1.14. The number of amides is 1. The average molecular weight is 328 g/mol. The number of likely N-dealkylation sites (tertiary alicyclic amines) is 1. The van der Waals surface area contributed by atoms with Gasteiger partial charge in [-0.05, 0) is 32.6 Å². The quantitative estimate of drug-likeness (QED) is 0.892. The van der Waals surface area contributed by atoms with Gasteiger partial charge in [0.25, 0.3) is 0 Å². The summed E-state index contributed by atoms with van der Waals surface area (Å²) < 4.78 is 2.30. The number of nitrogens with zero attached hydrogens (tertiary/aromatic N) is 4. The van der Waals surface area contributed by atoms with Crippen LogP contribution in [0.15, 0.2) is 0 Å². The van der Waals surface area contributed by atoms with Gasteiger partial charge in [0.05, 0.1) is 6.04 Å². The molecule has 2 N–H and O–H groups in total. The van der Waals surface area contributed by atoms with Crippen LogP contribution in [-0.2, 0) is 17.8 Å². The van der Waals surface area contributed by atoms with Crippen molar-refractivity contribution in [3.8, 4) is 0 Å². The number of hydrogen-bond donors (Lipinski definition) is 1. The molecule has 0 spiro atoms. The van der Waals surface area contributed by atoms with Crippen molar-refractivity contribution in [2.45, 2.75) is 64.0 Å². The van der Waals surface area contributed by atoms with Gasteiger partial charge >= 0.3 is 0 Å². The summed E-state index contributed by atoms with van der Waals surface area (Å²) in [4.78, 5) is 14.0. The topological polar surface area (TPSA) is 77.0 Å². The number of rotatable bonds is 2. The van der Waals surface area contributed by atoms with E-state index >= 15 is 0 Å². The van der Waals surface area contributed by atoms with Crippen molar-refractivity contribution in [1.82, 2.24) is 19.7 Å². The van der Waals surface area contributed by atoms with Crippen molar-refractivity contribution < 1.29 is 4.79 Å². The van der Waals surface area contributed by atoms with Crippen LogP contribution in [0.2, 0.25) is 0 Å². The fourth-order valence-electron chi connectivity index (χ4n) is 3.49. The van der Waals surface area contributed by atoms with Gasteiger partial charge in [-0.15, -0.1) is 22.6 Å². The van der Waals surface area contributed by atoms with Crippen molar-refractivity contribution in [3.05, 3.63) is 11.6 Å². The SMILES string of the molecule is CC(N)C(=O)N1CCCC(c2nnc3n2CCCCC3)C1.Cl. The van der Waals surface area contributed by atoms with E-state index in [2.05, 4.69) is 14.8 Å². The van der Waals surface area contributed by atoms with E-state index in [9.17, 15) is 4.79 Å². The van der Waals surface area contributed by atoms with Gasteiger partial charge in [0.2, 0.25) is 5.91 Å². The smallest absolute Gasteiger partial charge is 0.239 e. The van der Waals surface area contributed by atoms with Crippen LogP contribution in [0.1, 0.15) is 56.6 Å². The maximum atomic E-state index is 12.1. The molecule has 2 atom stereocenters. The molecule has 1 aromatic heterocycles. The number of piperidine rings is 1. The normalized spacial score (nSPS) is 23.2. The van der Waals surface area contributed by atoms with Crippen molar-refractivity contribution >= 4 is 18.3 Å². The standard InChI is InChI=1S/C15H25N5O.ClH/c1-11(16)15(21)19-8-5-6-12(10-19)14-18-17-13-7-3-2-4-9-20(13)14;/h11-12H,2-10,16H2,1H3;1H. The highest BCUT2D eigenvalue weighted by atomic mass is 35.5. The molecule has 0 aromatic carbocycles. The van der Waals surface area contributed by atoms with E-state index in [1.54, 1.807) is 6.92 Å². The molecule has 1 aromatic rings. The zero-order valence-electron chi connectivity index (χ0n) is 13.2. The maximum absolute atomic E-state index is 12.1. The number of hydrogen-bond acceptors (Lipinski definition) is 4. The van der Waals surface area contributed by atoms with E-state index < -0.39 is 6.04 Å². The summed E-state index contributed by atoms with van der Waals surface area (Å²) in [5, 5.41) is 8.83. The van der Waals surface area contributed by atoms with Gasteiger partial charge in [-0.2, -0.15) is 0 Å². The Morgan fingerprint density at radius 1 is 1.23 bits per heavy atom. The summed E-state index contributed by atoms with van der Waals surface area (Å²) in [5.74, 6) is 2.56. The highest BCUT2D eigenvalue weighted by molar-refractivity contribution is 5.85. The largest absolute Gasteiger partial charge is 0.341 e. The lowest BCUT2D eigenvalue weighted by atomic mass is 9.96. The molecule has 0 saturated carbocycles. The van der Waals surface area contributed by atoms with E-state index in [4.69, 9.17) is 5.73 Å². The first kappa shape index (κ1) is 17.2. The highest BCUT2D eigenvalue weighted by Crippen LogP contribution is 2.28. The molecule has 3 heterocycles. The molecule has 6 nitrogen and oxygen atoms in total. The molecule has 22 heavy (non-hydrogen) atoms. The zero-order chi connectivity index (χ0) is 14.8. The van der Waals surface area contributed by atoms with Gasteiger partial charge < -0.3 is 15.2 Å². The number of carbonyl (C=O) groups is 1. The zero-order valence-corrected chi connectivity index (χ0v) is 14.0. The van der Waals surface area contributed by atoms with Crippen molar-refractivity contribution in [3.63, 3.8) is 0 Å². The van der Waals surface area contributed by atoms with Crippen LogP contribution in [0.5, 0.6) is 0 Å². The van der Waals surface area contributed by atoms with Crippen molar-refractivity contribution in [2.75, 3.05) is 13.1 Å². The molecule has 2 unspecified atom stereocenters. The third-order valence-corrected chi connectivity index (χ3v) is 4.63. The molecule has 1 amide bonds. The van der Waals surface area contributed by atoms with Crippen LogP contribution in [0.25, 0.3) is 0 Å². The number of nitrogens with two attached hydrogens (primary N) is 1. The van der Waals surface area contributed by atoms with Gasteiger partial charge in [-0.3, -0.25) is 4.79 Å². The van der Waals surface area contributed by atoms with Gasteiger partial charge in [0, 0.05) is 32.0 Å². The number of halogens is 1. The molecule has 124 valence electrons. The molecule has 0 aliphatic carbocycles. The summed E-state index contributed by atoms with van der Waals surface area (Å²) in [6.45, 7) is 4.33. The Labute approximate surface area is 137 Å². The number of fused-ring (bicyclic) bond motifs is 1. The predicted molar refractivity (Wildman–Crippen MR) is 87.0 cm³/mol. The minimum Gasteiger partial charge on any atom is -0.341 e. The summed E-state index contributed by atoms with van der Waals surface area (Å²) in [7, 11) is 0. The molecular weight excluding hydrogens is 302 g/mol. The van der Waals surface area contributed by atoms with Gasteiger partial charge in [-0.1, -0.05) is 6.42 Å². The third-order valence-electron chi connectivity index (χ3n) is 4.63. The Balaban J connectivity index is 0.00000176. The summed E-state index contributed by atoms with van der Waals surface area (Å²) >= 11 is 0. The molecule has 0 radical (unpaired) electrons. The number of carbonyl (C=O) groups excluding carboxylic acids is 1. The van der Waals surface area contributed by atoms with E-state index in [1.807, 2.05) is 4.90 Å². The number of aryl methyl sites for hydroxylation is 1. The van der Waals surface area contributed by atoms with Crippen LogP contribution < -0.4 is 5.73 Å². The second kappa shape index (κ2) is 7.42. The third kappa shape index (κ3) is 3.43. The molecule has 0 bridgehead atoms. The van der Waals surface area contributed by atoms with Crippen LogP contribution in [-0.4, -0.2) is 44.7 Å². The second-order valence-electron chi connectivity index (χ2n) is 6.35. The van der Waals surface area contributed by atoms with Crippen LogP contribution in [0.3, 0.4) is 0 Å². The lowest BCUT2D eigenvalue weighted by molar-refractivity contribution is -0.133. The molecule has 2 aliphatic heterocycles. The van der Waals surface area contributed by atoms with Gasteiger partial charge in [0.1, 0.15) is 11.6 Å². The lowest BCUT2D eigenvalue weighted by Gasteiger charge is -2.33. The second-order valence-corrected chi connectivity index (χ2v) is 6.35. The Morgan fingerprint density at radius 2 is 2.05 bits per heavy atom. The van der Waals surface area contributed by atoms with Gasteiger partial charge in [0.15, 0.2) is 0 Å². The minimum atomic E-state index is -0.417. The number of aromatic nitrogens is 3. The molecule has 1 saturated heterocycles. The molecule has 7 heteroatoms. The Kier molecular flexibility index (Phi) is 5.81. The van der Waals surface area contributed by atoms with Gasteiger partial charge in [-0.25, -0.2) is 0 Å². The van der Waals surface area contributed by atoms with Crippen LogP contribution >= 0.6 is 12.4 Å². The van der Waals surface area contributed by atoms with Crippen molar-refractivity contribution in [2.24, 2.45) is 5.73 Å². The Morgan fingerprint density at radius 3 is 2.82 bits per heavy atom. The average Bonchev–Trinajstić information content (AvgIpc) is 2.75.